The number of aliphatic hydroxyl groups is 1. The molecule has 1 aliphatic carbocycles. The Morgan fingerprint density at radius 1 is 1.80 bits per heavy atom. The highest BCUT2D eigenvalue weighted by Gasteiger charge is 2.56. The highest BCUT2D eigenvalue weighted by molar-refractivity contribution is 7.91. The van der Waals surface area contributed by atoms with Crippen LogP contribution in [-0.4, -0.2) is 37.2 Å². The molecule has 4 nitrogen and oxygen atoms in total. The van der Waals surface area contributed by atoms with Crippen molar-refractivity contribution < 1.29 is 13.5 Å². The van der Waals surface area contributed by atoms with E-state index in [0.29, 0.717) is 6.42 Å². The molecule has 2 atom stereocenters. The first-order chi connectivity index (χ1) is 4.40. The van der Waals surface area contributed by atoms with Gasteiger partial charge in [-0.2, -0.15) is 0 Å². The van der Waals surface area contributed by atoms with Gasteiger partial charge in [0.2, 0.25) is 0 Å². The lowest BCUT2D eigenvalue weighted by molar-refractivity contribution is 0.257. The molecule has 3 N–H and O–H groups in total. The van der Waals surface area contributed by atoms with Crippen LogP contribution in [0.15, 0.2) is 0 Å². The Kier molecular flexibility index (Phi) is 1.54. The summed E-state index contributed by atoms with van der Waals surface area (Å²) in [5.41, 5.74) is 4.61. The van der Waals surface area contributed by atoms with Crippen molar-refractivity contribution >= 4 is 9.84 Å². The summed E-state index contributed by atoms with van der Waals surface area (Å²) in [7, 11) is -3.03. The number of hydrogen-bond donors (Lipinski definition) is 2. The van der Waals surface area contributed by atoms with E-state index in [2.05, 4.69) is 0 Å². The van der Waals surface area contributed by atoms with Crippen LogP contribution < -0.4 is 5.73 Å². The van der Waals surface area contributed by atoms with E-state index in [4.69, 9.17) is 10.8 Å². The normalized spacial score (nSPS) is 39.7. The Hall–Kier alpha value is -0.130. The lowest BCUT2D eigenvalue weighted by Gasteiger charge is -2.03. The first-order valence-corrected chi connectivity index (χ1v) is 4.94. The van der Waals surface area contributed by atoms with E-state index in [1.54, 1.807) is 0 Å². The Bertz CT molecular complexity index is 235. The van der Waals surface area contributed by atoms with Gasteiger partial charge in [0.15, 0.2) is 9.84 Å². The monoisotopic (exact) mass is 165 g/mol. The zero-order valence-electron chi connectivity index (χ0n) is 5.74. The van der Waals surface area contributed by atoms with E-state index >= 15 is 0 Å². The van der Waals surface area contributed by atoms with E-state index in [0.717, 1.165) is 6.26 Å². The summed E-state index contributed by atoms with van der Waals surface area (Å²) in [6.07, 6.45) is 1.53. The lowest BCUT2D eigenvalue weighted by atomic mass is 10.3. The molecule has 0 saturated heterocycles. The molecule has 0 radical (unpaired) electrons. The second-order valence-corrected chi connectivity index (χ2v) is 5.14. The molecule has 1 aliphatic rings. The topological polar surface area (TPSA) is 80.4 Å². The van der Waals surface area contributed by atoms with Gasteiger partial charge in [-0.1, -0.05) is 0 Å². The Morgan fingerprint density at radius 3 is 2.40 bits per heavy atom. The predicted molar refractivity (Wildman–Crippen MR) is 37.3 cm³/mol. The van der Waals surface area contributed by atoms with Crippen molar-refractivity contribution in [3.8, 4) is 0 Å². The van der Waals surface area contributed by atoms with Crippen LogP contribution in [0, 0.1) is 0 Å². The average molecular weight is 165 g/mol. The van der Waals surface area contributed by atoms with E-state index in [1.807, 2.05) is 0 Å². The molecule has 5 heteroatoms. The average Bonchev–Trinajstić information content (AvgIpc) is 2.43. The highest BCUT2D eigenvalue weighted by Crippen LogP contribution is 2.38. The van der Waals surface area contributed by atoms with Gasteiger partial charge in [0, 0.05) is 6.26 Å². The van der Waals surface area contributed by atoms with E-state index in [-0.39, 0.29) is 6.61 Å². The molecule has 0 aromatic heterocycles. The van der Waals surface area contributed by atoms with Crippen molar-refractivity contribution in [1.82, 2.24) is 0 Å². The first kappa shape index (κ1) is 7.97. The summed E-state index contributed by atoms with van der Waals surface area (Å²) in [5.74, 6) is 0. The Morgan fingerprint density at radius 2 is 2.30 bits per heavy atom. The van der Waals surface area contributed by atoms with Gasteiger partial charge in [-0.15, -0.1) is 0 Å². The summed E-state index contributed by atoms with van der Waals surface area (Å²) in [4.78, 5) is 0. The van der Waals surface area contributed by atoms with Crippen molar-refractivity contribution in [2.75, 3.05) is 12.9 Å². The van der Waals surface area contributed by atoms with E-state index in [9.17, 15) is 8.42 Å². The fourth-order valence-electron chi connectivity index (χ4n) is 1.03. The van der Waals surface area contributed by atoms with Crippen LogP contribution in [0.25, 0.3) is 0 Å². The summed E-state index contributed by atoms with van der Waals surface area (Å²) >= 11 is 0. The summed E-state index contributed by atoms with van der Waals surface area (Å²) < 4.78 is 21.6. The zero-order chi connectivity index (χ0) is 7.99. The van der Waals surface area contributed by atoms with Crippen molar-refractivity contribution in [3.63, 3.8) is 0 Å². The highest BCUT2D eigenvalue weighted by atomic mass is 32.2. The number of hydrogen-bond acceptors (Lipinski definition) is 4. The van der Waals surface area contributed by atoms with Gasteiger partial charge in [0.1, 0.15) is 0 Å². The van der Waals surface area contributed by atoms with E-state index in [1.165, 1.54) is 0 Å². The quantitative estimate of drug-likeness (QED) is 0.521. The molecule has 1 saturated carbocycles. The maximum atomic E-state index is 10.8. The molecule has 10 heavy (non-hydrogen) atoms. The first-order valence-electron chi connectivity index (χ1n) is 2.99. The van der Waals surface area contributed by atoms with Gasteiger partial charge in [-0.3, -0.25) is 0 Å². The minimum atomic E-state index is -3.03. The van der Waals surface area contributed by atoms with Crippen LogP contribution in [0.4, 0.5) is 0 Å². The van der Waals surface area contributed by atoms with Gasteiger partial charge in [0.05, 0.1) is 17.4 Å². The van der Waals surface area contributed by atoms with Gasteiger partial charge >= 0.3 is 0 Å². The van der Waals surface area contributed by atoms with Gasteiger partial charge in [0.25, 0.3) is 0 Å². The minimum Gasteiger partial charge on any atom is -0.394 e. The standard InChI is InChI=1S/C5H11NO3S/c1-10(8,9)4-2-5(4,6)3-7/h4,7H,2-3,6H2,1H3/t4-,5-/m1/s1. The third-order valence-corrected chi connectivity index (χ3v) is 3.53. The molecule has 0 amide bonds. The summed E-state index contributed by atoms with van der Waals surface area (Å²) in [6, 6.07) is 0. The molecule has 0 bridgehead atoms. The number of sulfone groups is 1. The molecule has 1 fully saturated rings. The second kappa shape index (κ2) is 1.93. The maximum Gasteiger partial charge on any atom is 0.152 e. The van der Waals surface area contributed by atoms with Crippen LogP contribution in [-0.2, 0) is 9.84 Å². The fourth-order valence-corrected chi connectivity index (χ4v) is 2.57. The third-order valence-electron chi connectivity index (χ3n) is 1.86. The molecule has 0 heterocycles. The van der Waals surface area contributed by atoms with Crippen molar-refractivity contribution in [1.29, 1.82) is 0 Å². The van der Waals surface area contributed by atoms with Gasteiger partial charge < -0.3 is 10.8 Å². The maximum absolute atomic E-state index is 10.8. The smallest absolute Gasteiger partial charge is 0.152 e. The van der Waals surface area contributed by atoms with Crippen LogP contribution >= 0.6 is 0 Å². The fraction of sp³-hybridized carbons (Fsp3) is 1.00. The molecule has 0 aromatic carbocycles. The van der Waals surface area contributed by atoms with E-state index < -0.39 is 20.6 Å². The Labute approximate surface area is 60.0 Å². The molecule has 0 spiro atoms. The van der Waals surface area contributed by atoms with Crippen LogP contribution in [0.5, 0.6) is 0 Å². The van der Waals surface area contributed by atoms with Gasteiger partial charge in [-0.05, 0) is 6.42 Å². The molecule has 60 valence electrons. The van der Waals surface area contributed by atoms with Crippen molar-refractivity contribution in [2.45, 2.75) is 17.2 Å². The molecular formula is C5H11NO3S. The van der Waals surface area contributed by atoms with Crippen LogP contribution in [0.2, 0.25) is 0 Å². The number of aliphatic hydroxyl groups excluding tert-OH is 1. The Balaban J connectivity index is 2.71. The van der Waals surface area contributed by atoms with Crippen LogP contribution in [0.1, 0.15) is 6.42 Å². The zero-order valence-corrected chi connectivity index (χ0v) is 6.56. The third kappa shape index (κ3) is 1.16. The largest absolute Gasteiger partial charge is 0.394 e. The molecule has 0 unspecified atom stereocenters. The predicted octanol–water partition coefficient (Wildman–Crippen LogP) is -1.51. The summed E-state index contributed by atoms with van der Waals surface area (Å²) in [5, 5.41) is 8.09. The molecule has 0 aliphatic heterocycles. The SMILES string of the molecule is CS(=O)(=O)[C@@H]1C[C@@]1(N)CO. The second-order valence-electron chi connectivity index (χ2n) is 2.91. The van der Waals surface area contributed by atoms with Gasteiger partial charge in [-0.25, -0.2) is 8.42 Å². The van der Waals surface area contributed by atoms with Crippen molar-refractivity contribution in [2.24, 2.45) is 5.73 Å². The number of nitrogens with two attached hydrogens (primary N) is 1. The molecular weight excluding hydrogens is 154 g/mol. The summed E-state index contributed by atoms with van der Waals surface area (Å²) in [6.45, 7) is -0.245. The molecule has 1 rings (SSSR count). The number of rotatable bonds is 2. The molecule has 0 aromatic rings. The van der Waals surface area contributed by atoms with Crippen LogP contribution in [0.3, 0.4) is 0 Å². The minimum absolute atomic E-state index is 0.245. The van der Waals surface area contributed by atoms with Crippen molar-refractivity contribution in [3.05, 3.63) is 0 Å². The lowest BCUT2D eigenvalue weighted by Crippen LogP contribution is -2.33.